The molecule has 21 heavy (non-hydrogen) atoms. The second-order valence-electron chi connectivity index (χ2n) is 6.23. The molecule has 0 N–H and O–H groups in total. The predicted octanol–water partition coefficient (Wildman–Crippen LogP) is 0.250. The molecule has 0 unspecified atom stereocenters. The Bertz CT molecular complexity index is 795. The highest BCUT2D eigenvalue weighted by Crippen LogP contribution is 2.31. The monoisotopic (exact) mass is 292 g/mol. The van der Waals surface area contributed by atoms with Gasteiger partial charge in [0.1, 0.15) is 0 Å². The van der Waals surface area contributed by atoms with E-state index in [1.807, 2.05) is 0 Å². The number of fused-ring (bicyclic) bond motifs is 1. The summed E-state index contributed by atoms with van der Waals surface area (Å²) in [5.74, 6) is 0. The van der Waals surface area contributed by atoms with E-state index in [4.69, 9.17) is 4.74 Å². The van der Waals surface area contributed by atoms with Crippen molar-refractivity contribution in [3.8, 4) is 0 Å². The first-order valence-electron chi connectivity index (χ1n) is 7.11. The van der Waals surface area contributed by atoms with Crippen LogP contribution in [0.15, 0.2) is 15.9 Å². The van der Waals surface area contributed by atoms with Crippen LogP contribution in [0.2, 0.25) is 0 Å². The van der Waals surface area contributed by atoms with E-state index < -0.39 is 0 Å². The van der Waals surface area contributed by atoms with Gasteiger partial charge in [-0.05, 0) is 12.8 Å². The van der Waals surface area contributed by atoms with Gasteiger partial charge in [0.05, 0.1) is 19.5 Å². The molecule has 3 rings (SSSR count). The maximum atomic E-state index is 12.5. The molecule has 2 aromatic rings. The topological polar surface area (TPSA) is 71.1 Å². The van der Waals surface area contributed by atoms with Gasteiger partial charge in [-0.25, -0.2) is 9.78 Å². The van der Waals surface area contributed by atoms with E-state index >= 15 is 0 Å². The maximum absolute atomic E-state index is 12.5. The van der Waals surface area contributed by atoms with E-state index in [2.05, 4.69) is 11.9 Å². The van der Waals surface area contributed by atoms with Gasteiger partial charge < -0.3 is 9.30 Å². The largest absolute Gasteiger partial charge is 0.380 e. The highest BCUT2D eigenvalue weighted by atomic mass is 16.5. The molecule has 1 saturated heterocycles. The molecule has 0 spiro atoms. The van der Waals surface area contributed by atoms with Gasteiger partial charge in [0, 0.05) is 26.1 Å². The molecular weight excluding hydrogens is 272 g/mol. The molecule has 0 aliphatic carbocycles. The van der Waals surface area contributed by atoms with Gasteiger partial charge in [0.2, 0.25) is 0 Å². The number of hydrogen-bond acceptors (Lipinski definition) is 4. The number of aryl methyl sites for hydroxylation is 2. The summed E-state index contributed by atoms with van der Waals surface area (Å²) in [7, 11) is 3.41. The Morgan fingerprint density at radius 1 is 1.33 bits per heavy atom. The smallest absolute Gasteiger partial charge is 0.332 e. The van der Waals surface area contributed by atoms with Crippen LogP contribution in [0.1, 0.15) is 19.8 Å². The number of aromatic nitrogens is 4. The van der Waals surface area contributed by atoms with E-state index in [0.717, 1.165) is 26.1 Å². The quantitative estimate of drug-likeness (QED) is 0.810. The van der Waals surface area contributed by atoms with Crippen LogP contribution in [0.4, 0.5) is 0 Å². The van der Waals surface area contributed by atoms with E-state index in [0.29, 0.717) is 17.7 Å². The number of rotatable bonds is 4. The van der Waals surface area contributed by atoms with Gasteiger partial charge in [0.15, 0.2) is 11.2 Å². The summed E-state index contributed by atoms with van der Waals surface area (Å²) in [6.07, 6.45) is 3.30. The summed E-state index contributed by atoms with van der Waals surface area (Å²) in [6, 6.07) is 0. The van der Waals surface area contributed by atoms with Crippen molar-refractivity contribution in [2.24, 2.45) is 19.5 Å². The van der Waals surface area contributed by atoms with Crippen LogP contribution in [-0.2, 0) is 25.4 Å². The van der Waals surface area contributed by atoms with Crippen LogP contribution >= 0.6 is 0 Å². The molecule has 0 aromatic carbocycles. The molecule has 0 amide bonds. The van der Waals surface area contributed by atoms with E-state index in [1.165, 1.54) is 9.13 Å². The Balaban J connectivity index is 1.93. The van der Waals surface area contributed by atoms with Crippen molar-refractivity contribution in [3.63, 3.8) is 0 Å². The molecule has 0 radical (unpaired) electrons. The Morgan fingerprint density at radius 3 is 2.67 bits per heavy atom. The van der Waals surface area contributed by atoms with Gasteiger partial charge >= 0.3 is 5.69 Å². The average molecular weight is 292 g/mol. The minimum atomic E-state index is -0.304. The molecule has 1 aliphatic heterocycles. The van der Waals surface area contributed by atoms with E-state index in [1.54, 1.807) is 25.0 Å². The van der Waals surface area contributed by atoms with Crippen molar-refractivity contribution in [2.45, 2.75) is 26.3 Å². The van der Waals surface area contributed by atoms with Crippen LogP contribution in [-0.4, -0.2) is 31.9 Å². The van der Waals surface area contributed by atoms with Crippen molar-refractivity contribution in [2.75, 3.05) is 13.2 Å². The van der Waals surface area contributed by atoms with E-state index in [-0.39, 0.29) is 16.7 Å². The Morgan fingerprint density at radius 2 is 2.05 bits per heavy atom. The zero-order valence-electron chi connectivity index (χ0n) is 12.6. The summed E-state index contributed by atoms with van der Waals surface area (Å²) >= 11 is 0. The second kappa shape index (κ2) is 4.84. The molecule has 7 heteroatoms. The lowest BCUT2D eigenvalue weighted by Gasteiger charge is -2.38. The van der Waals surface area contributed by atoms with E-state index in [9.17, 15) is 9.59 Å². The first kappa shape index (κ1) is 14.1. The minimum Gasteiger partial charge on any atom is -0.380 e. The molecular formula is C14H20N4O3. The highest BCUT2D eigenvalue weighted by Gasteiger charge is 2.32. The number of imidazole rings is 1. The van der Waals surface area contributed by atoms with Gasteiger partial charge in [-0.3, -0.25) is 13.9 Å². The molecule has 3 heterocycles. The summed E-state index contributed by atoms with van der Waals surface area (Å²) in [4.78, 5) is 28.9. The number of ether oxygens (including phenoxy) is 1. The summed E-state index contributed by atoms with van der Waals surface area (Å²) in [5.41, 5.74) is 0.536. The lowest BCUT2D eigenvalue weighted by molar-refractivity contribution is -0.106. The normalized spacial score (nSPS) is 17.1. The SMILES string of the molecule is Cn1cnc2c1c(=O)n(CCCC1(C)COC1)c(=O)n2C. The Kier molecular flexibility index (Phi) is 3.24. The van der Waals surface area contributed by atoms with Crippen molar-refractivity contribution in [3.05, 3.63) is 27.2 Å². The Labute approximate surface area is 121 Å². The maximum Gasteiger partial charge on any atom is 0.332 e. The predicted molar refractivity (Wildman–Crippen MR) is 78.4 cm³/mol. The molecule has 7 nitrogen and oxygen atoms in total. The third kappa shape index (κ3) is 2.21. The lowest BCUT2D eigenvalue weighted by Crippen LogP contribution is -2.42. The fraction of sp³-hybridized carbons (Fsp3) is 0.643. The minimum absolute atomic E-state index is 0.200. The lowest BCUT2D eigenvalue weighted by atomic mass is 9.84. The highest BCUT2D eigenvalue weighted by molar-refractivity contribution is 5.69. The number of nitrogens with zero attached hydrogens (tertiary/aromatic N) is 4. The van der Waals surface area contributed by atoms with Crippen molar-refractivity contribution in [1.82, 2.24) is 18.7 Å². The van der Waals surface area contributed by atoms with Gasteiger partial charge in [-0.15, -0.1) is 0 Å². The van der Waals surface area contributed by atoms with Crippen LogP contribution in [0.25, 0.3) is 11.2 Å². The summed E-state index contributed by atoms with van der Waals surface area (Å²) < 4.78 is 9.63. The summed E-state index contributed by atoms with van der Waals surface area (Å²) in [5, 5.41) is 0. The molecule has 0 bridgehead atoms. The zero-order chi connectivity index (χ0) is 15.2. The van der Waals surface area contributed by atoms with Crippen LogP contribution < -0.4 is 11.2 Å². The fourth-order valence-corrected chi connectivity index (χ4v) is 2.85. The number of hydrogen-bond donors (Lipinski definition) is 0. The zero-order valence-corrected chi connectivity index (χ0v) is 12.6. The van der Waals surface area contributed by atoms with Crippen LogP contribution in [0, 0.1) is 5.41 Å². The first-order valence-corrected chi connectivity index (χ1v) is 7.11. The molecule has 0 atom stereocenters. The standard InChI is InChI=1S/C14H20N4O3/c1-14(7-21-8-14)5-4-6-18-12(19)10-11(15-9-16(10)2)17(3)13(18)20/h9H,4-8H2,1-3H3. The average Bonchev–Trinajstić information content (AvgIpc) is 2.80. The van der Waals surface area contributed by atoms with Gasteiger partial charge in [-0.2, -0.15) is 0 Å². The molecule has 114 valence electrons. The molecule has 1 aliphatic rings. The molecule has 2 aromatic heterocycles. The van der Waals surface area contributed by atoms with Crippen molar-refractivity contribution < 1.29 is 4.74 Å². The third-order valence-corrected chi connectivity index (χ3v) is 4.26. The Hall–Kier alpha value is -1.89. The van der Waals surface area contributed by atoms with Gasteiger partial charge in [0.25, 0.3) is 5.56 Å². The van der Waals surface area contributed by atoms with Crippen LogP contribution in [0.3, 0.4) is 0 Å². The van der Waals surface area contributed by atoms with Crippen LogP contribution in [0.5, 0.6) is 0 Å². The van der Waals surface area contributed by atoms with Crippen molar-refractivity contribution >= 4 is 11.2 Å². The first-order chi connectivity index (χ1) is 9.93. The fourth-order valence-electron chi connectivity index (χ4n) is 2.85. The second-order valence-corrected chi connectivity index (χ2v) is 6.23. The summed E-state index contributed by atoms with van der Waals surface area (Å²) in [6.45, 7) is 4.13. The van der Waals surface area contributed by atoms with Gasteiger partial charge in [-0.1, -0.05) is 6.92 Å². The molecule has 1 fully saturated rings. The third-order valence-electron chi connectivity index (χ3n) is 4.26. The van der Waals surface area contributed by atoms with Crippen molar-refractivity contribution in [1.29, 1.82) is 0 Å². The molecule has 0 saturated carbocycles.